The third-order valence-electron chi connectivity index (χ3n) is 5.57. The summed E-state index contributed by atoms with van der Waals surface area (Å²) >= 11 is 1.35. The number of aromatic nitrogens is 1. The Morgan fingerprint density at radius 1 is 1.33 bits per heavy atom. The quantitative estimate of drug-likeness (QED) is 0.929. The van der Waals surface area contributed by atoms with Crippen LogP contribution in [0.3, 0.4) is 0 Å². The number of benzene rings is 1. The lowest BCUT2D eigenvalue weighted by molar-refractivity contribution is 0.0462. The Hall–Kier alpha value is -1.66. The molecule has 0 spiro atoms. The number of carbonyl (C=O) groups is 1. The highest BCUT2D eigenvalue weighted by molar-refractivity contribution is 7.13. The summed E-state index contributed by atoms with van der Waals surface area (Å²) < 4.78 is 10.6. The molecule has 2 aliphatic rings. The Balaban J connectivity index is 1.50. The molecule has 1 unspecified atom stereocenters. The van der Waals surface area contributed by atoms with Gasteiger partial charge in [0.15, 0.2) is 0 Å². The average molecular weight is 345 g/mol. The molecule has 1 aromatic carbocycles. The molecule has 2 saturated heterocycles. The fourth-order valence-electron chi connectivity index (χ4n) is 4.20. The van der Waals surface area contributed by atoms with Gasteiger partial charge in [-0.25, -0.2) is 0 Å². The third-order valence-corrected chi connectivity index (χ3v) is 6.38. The van der Waals surface area contributed by atoms with Crippen LogP contribution in [0.4, 0.5) is 0 Å². The van der Waals surface area contributed by atoms with Crippen LogP contribution in [-0.2, 0) is 0 Å². The molecule has 0 radical (unpaired) electrons. The summed E-state index contributed by atoms with van der Waals surface area (Å²) in [5.41, 5.74) is 0.543. The second kappa shape index (κ2) is 6.33. The normalized spacial score (nSPS) is 27.2. The van der Waals surface area contributed by atoms with E-state index in [2.05, 4.69) is 21.6 Å². The highest BCUT2D eigenvalue weighted by Crippen LogP contribution is 2.33. The van der Waals surface area contributed by atoms with E-state index in [1.807, 2.05) is 18.2 Å². The van der Waals surface area contributed by atoms with E-state index < -0.39 is 0 Å². The zero-order valence-corrected chi connectivity index (χ0v) is 14.9. The standard InChI is InChI=1S/C18H23N3O2S/c1-21-12-4-3-5-13(21)9-11(8-12)19-18(22)17-15-7-6-14(23-2)10-16(15)24-20-17/h6-7,10-13H,3-5,8-9H2,1-2H3,(H,19,22)/t11?,12-,13+. The van der Waals surface area contributed by atoms with Crippen molar-refractivity contribution in [1.29, 1.82) is 0 Å². The predicted molar refractivity (Wildman–Crippen MR) is 95.9 cm³/mol. The molecule has 2 bridgehead atoms. The number of rotatable bonds is 3. The largest absolute Gasteiger partial charge is 0.497 e. The molecule has 1 N–H and O–H groups in total. The minimum absolute atomic E-state index is 0.0426. The Labute approximate surface area is 146 Å². The van der Waals surface area contributed by atoms with Crippen LogP contribution in [0.2, 0.25) is 0 Å². The number of nitrogens with zero attached hydrogens (tertiary/aromatic N) is 2. The first-order chi connectivity index (χ1) is 11.7. The molecular formula is C18H23N3O2S. The minimum Gasteiger partial charge on any atom is -0.497 e. The Morgan fingerprint density at radius 2 is 2.08 bits per heavy atom. The number of nitrogens with one attached hydrogen (secondary N) is 1. The maximum atomic E-state index is 12.7. The van der Waals surface area contributed by atoms with Gasteiger partial charge in [-0.1, -0.05) is 6.42 Å². The molecule has 0 saturated carbocycles. The maximum absolute atomic E-state index is 12.7. The van der Waals surface area contributed by atoms with Crippen LogP contribution >= 0.6 is 11.5 Å². The molecule has 1 amide bonds. The van der Waals surface area contributed by atoms with Crippen LogP contribution in [0.15, 0.2) is 18.2 Å². The number of amides is 1. The molecular weight excluding hydrogens is 322 g/mol. The zero-order valence-electron chi connectivity index (χ0n) is 14.1. The summed E-state index contributed by atoms with van der Waals surface area (Å²) in [4.78, 5) is 15.2. The number of fused-ring (bicyclic) bond motifs is 3. The molecule has 128 valence electrons. The van der Waals surface area contributed by atoms with Crippen molar-refractivity contribution < 1.29 is 9.53 Å². The number of ether oxygens (including phenoxy) is 1. The molecule has 5 nitrogen and oxygen atoms in total. The summed E-state index contributed by atoms with van der Waals surface area (Å²) in [7, 11) is 3.88. The molecule has 4 rings (SSSR count). The smallest absolute Gasteiger partial charge is 0.271 e. The summed E-state index contributed by atoms with van der Waals surface area (Å²) in [6, 6.07) is 7.23. The molecule has 0 aliphatic carbocycles. The lowest BCUT2D eigenvalue weighted by Crippen LogP contribution is -2.55. The second-order valence-electron chi connectivity index (χ2n) is 6.94. The zero-order chi connectivity index (χ0) is 16.7. The molecule has 24 heavy (non-hydrogen) atoms. The summed E-state index contributed by atoms with van der Waals surface area (Å²) in [6.07, 6.45) is 5.92. The minimum atomic E-state index is -0.0426. The van der Waals surface area contributed by atoms with Gasteiger partial charge in [-0.15, -0.1) is 0 Å². The van der Waals surface area contributed by atoms with E-state index in [1.165, 1.54) is 30.8 Å². The molecule has 1 aromatic heterocycles. The number of methoxy groups -OCH3 is 1. The van der Waals surface area contributed by atoms with E-state index in [9.17, 15) is 4.79 Å². The van der Waals surface area contributed by atoms with Crippen LogP contribution in [-0.4, -0.2) is 47.5 Å². The van der Waals surface area contributed by atoms with Gasteiger partial charge in [-0.3, -0.25) is 4.79 Å². The fourth-order valence-corrected chi connectivity index (χ4v) is 5.00. The lowest BCUT2D eigenvalue weighted by Gasteiger charge is -2.47. The van der Waals surface area contributed by atoms with Crippen LogP contribution in [0.5, 0.6) is 5.75 Å². The van der Waals surface area contributed by atoms with Crippen molar-refractivity contribution in [2.45, 2.75) is 50.2 Å². The van der Waals surface area contributed by atoms with Crippen LogP contribution in [0.25, 0.3) is 10.1 Å². The van der Waals surface area contributed by atoms with E-state index in [1.54, 1.807) is 7.11 Å². The Kier molecular flexibility index (Phi) is 4.18. The molecule has 2 fully saturated rings. The SMILES string of the molecule is COc1ccc2c(C(=O)NC3C[C@H]4CCC[C@@H](C3)N4C)nsc2c1. The second-order valence-corrected chi connectivity index (χ2v) is 7.74. The van der Waals surface area contributed by atoms with Gasteiger partial charge >= 0.3 is 0 Å². The van der Waals surface area contributed by atoms with Gasteiger partial charge in [0, 0.05) is 23.5 Å². The highest BCUT2D eigenvalue weighted by atomic mass is 32.1. The van der Waals surface area contributed by atoms with E-state index in [-0.39, 0.29) is 11.9 Å². The molecule has 2 aromatic rings. The fraction of sp³-hybridized carbons (Fsp3) is 0.556. The van der Waals surface area contributed by atoms with Crippen LogP contribution in [0.1, 0.15) is 42.6 Å². The average Bonchev–Trinajstić information content (AvgIpc) is 2.98. The number of carbonyl (C=O) groups excluding carboxylic acids is 1. The van der Waals surface area contributed by atoms with E-state index in [0.717, 1.165) is 28.7 Å². The molecule has 2 aliphatic heterocycles. The van der Waals surface area contributed by atoms with Crippen molar-refractivity contribution in [3.63, 3.8) is 0 Å². The summed E-state index contributed by atoms with van der Waals surface area (Å²) in [5, 5.41) is 4.15. The predicted octanol–water partition coefficient (Wildman–Crippen LogP) is 3.05. The van der Waals surface area contributed by atoms with Gasteiger partial charge in [0.05, 0.1) is 11.8 Å². The molecule has 3 atom stereocenters. The van der Waals surface area contributed by atoms with Crippen LogP contribution in [0, 0.1) is 0 Å². The van der Waals surface area contributed by atoms with Crippen molar-refractivity contribution >= 4 is 27.5 Å². The van der Waals surface area contributed by atoms with Gasteiger partial charge in [-0.2, -0.15) is 4.37 Å². The van der Waals surface area contributed by atoms with Crippen molar-refractivity contribution in [2.75, 3.05) is 14.2 Å². The van der Waals surface area contributed by atoms with Gasteiger partial charge in [0.2, 0.25) is 0 Å². The molecule has 3 heterocycles. The van der Waals surface area contributed by atoms with E-state index in [4.69, 9.17) is 4.74 Å². The monoisotopic (exact) mass is 345 g/mol. The lowest BCUT2D eigenvalue weighted by atomic mass is 9.82. The maximum Gasteiger partial charge on any atom is 0.271 e. The summed E-state index contributed by atoms with van der Waals surface area (Å²) in [6.45, 7) is 0. The number of piperidine rings is 2. The van der Waals surface area contributed by atoms with E-state index >= 15 is 0 Å². The van der Waals surface area contributed by atoms with E-state index in [0.29, 0.717) is 17.8 Å². The highest BCUT2D eigenvalue weighted by Gasteiger charge is 2.36. The van der Waals surface area contributed by atoms with Crippen molar-refractivity contribution in [1.82, 2.24) is 14.6 Å². The first-order valence-electron chi connectivity index (χ1n) is 8.62. The van der Waals surface area contributed by atoms with Crippen molar-refractivity contribution in [2.24, 2.45) is 0 Å². The van der Waals surface area contributed by atoms with Crippen molar-refractivity contribution in [3.05, 3.63) is 23.9 Å². The van der Waals surface area contributed by atoms with Crippen molar-refractivity contribution in [3.8, 4) is 5.75 Å². The Bertz CT molecular complexity index is 746. The van der Waals surface area contributed by atoms with Gasteiger partial charge in [0.25, 0.3) is 5.91 Å². The number of hydrogen-bond acceptors (Lipinski definition) is 5. The van der Waals surface area contributed by atoms with Gasteiger partial charge < -0.3 is 15.0 Å². The number of hydrogen-bond donors (Lipinski definition) is 1. The summed E-state index contributed by atoms with van der Waals surface area (Å²) in [5.74, 6) is 0.750. The van der Waals surface area contributed by atoms with Gasteiger partial charge in [0.1, 0.15) is 11.4 Å². The topological polar surface area (TPSA) is 54.5 Å². The molecule has 6 heteroatoms. The Morgan fingerprint density at radius 3 is 2.79 bits per heavy atom. The first kappa shape index (κ1) is 15.8. The van der Waals surface area contributed by atoms with Crippen LogP contribution < -0.4 is 10.1 Å². The first-order valence-corrected chi connectivity index (χ1v) is 9.39. The third kappa shape index (κ3) is 2.78. The van der Waals surface area contributed by atoms with Gasteiger partial charge in [-0.05, 0) is 62.5 Å².